The van der Waals surface area contributed by atoms with E-state index in [9.17, 15) is 19.3 Å². The van der Waals surface area contributed by atoms with Crippen LogP contribution in [0.3, 0.4) is 0 Å². The molecule has 0 atom stereocenters. The second-order valence-electron chi connectivity index (χ2n) is 3.67. The molecule has 0 N–H and O–H groups in total. The third-order valence-electron chi connectivity index (χ3n) is 2.55. The SMILES string of the molecule is Cc1c(-c2ccc(C=O)o2)cc(F)cc1[N+](=O)[O-]. The van der Waals surface area contributed by atoms with Crippen molar-refractivity contribution in [3.63, 3.8) is 0 Å². The monoisotopic (exact) mass is 249 g/mol. The van der Waals surface area contributed by atoms with E-state index in [-0.39, 0.29) is 28.3 Å². The molecule has 0 saturated heterocycles. The van der Waals surface area contributed by atoms with Crippen LogP contribution in [-0.2, 0) is 0 Å². The number of nitro benzene ring substituents is 1. The van der Waals surface area contributed by atoms with Crippen molar-refractivity contribution in [2.75, 3.05) is 0 Å². The largest absolute Gasteiger partial charge is 0.453 e. The molecule has 0 aliphatic heterocycles. The van der Waals surface area contributed by atoms with Crippen LogP contribution in [0.5, 0.6) is 0 Å². The fraction of sp³-hybridized carbons (Fsp3) is 0.0833. The van der Waals surface area contributed by atoms with Gasteiger partial charge in [-0.1, -0.05) is 0 Å². The molecule has 1 aromatic carbocycles. The van der Waals surface area contributed by atoms with Gasteiger partial charge in [0.1, 0.15) is 11.6 Å². The zero-order valence-electron chi connectivity index (χ0n) is 9.34. The van der Waals surface area contributed by atoms with Crippen LogP contribution in [0.2, 0.25) is 0 Å². The number of aldehydes is 1. The van der Waals surface area contributed by atoms with Gasteiger partial charge in [-0.3, -0.25) is 14.9 Å². The van der Waals surface area contributed by atoms with E-state index in [1.54, 1.807) is 0 Å². The molecule has 92 valence electrons. The van der Waals surface area contributed by atoms with E-state index in [4.69, 9.17) is 4.42 Å². The van der Waals surface area contributed by atoms with Crippen molar-refractivity contribution >= 4 is 12.0 Å². The van der Waals surface area contributed by atoms with Gasteiger partial charge in [-0.15, -0.1) is 0 Å². The molecule has 0 aliphatic rings. The molecular formula is C12H8FNO4. The predicted molar refractivity (Wildman–Crippen MR) is 60.9 cm³/mol. The maximum atomic E-state index is 13.3. The van der Waals surface area contributed by atoms with E-state index in [1.165, 1.54) is 19.1 Å². The van der Waals surface area contributed by atoms with Crippen LogP contribution in [0.25, 0.3) is 11.3 Å². The Labute approximate surface area is 101 Å². The first kappa shape index (κ1) is 12.0. The normalized spacial score (nSPS) is 10.3. The molecule has 0 fully saturated rings. The molecular weight excluding hydrogens is 241 g/mol. The van der Waals surface area contributed by atoms with Crippen LogP contribution in [0, 0.1) is 22.9 Å². The minimum Gasteiger partial charge on any atom is -0.453 e. The molecule has 18 heavy (non-hydrogen) atoms. The standard InChI is InChI=1S/C12H8FNO4/c1-7-10(12-3-2-9(6-15)18-12)4-8(13)5-11(7)14(16)17/h2-6H,1H3. The zero-order chi connectivity index (χ0) is 13.3. The Morgan fingerprint density at radius 2 is 2.11 bits per heavy atom. The summed E-state index contributed by atoms with van der Waals surface area (Å²) in [5.74, 6) is -0.431. The number of benzene rings is 1. The number of nitrogens with zero attached hydrogens (tertiary/aromatic N) is 1. The van der Waals surface area contributed by atoms with Crippen molar-refractivity contribution in [1.82, 2.24) is 0 Å². The lowest BCUT2D eigenvalue weighted by Crippen LogP contribution is -1.95. The van der Waals surface area contributed by atoms with E-state index in [2.05, 4.69) is 0 Å². The van der Waals surface area contributed by atoms with Crippen LogP contribution >= 0.6 is 0 Å². The van der Waals surface area contributed by atoms with Gasteiger partial charge in [0.15, 0.2) is 12.0 Å². The Balaban J connectivity index is 2.63. The highest BCUT2D eigenvalue weighted by atomic mass is 19.1. The van der Waals surface area contributed by atoms with E-state index in [0.29, 0.717) is 6.29 Å². The minimum absolute atomic E-state index is 0.0799. The molecule has 0 amide bonds. The highest BCUT2D eigenvalue weighted by molar-refractivity contribution is 5.74. The van der Waals surface area contributed by atoms with E-state index < -0.39 is 10.7 Å². The molecule has 0 unspecified atom stereocenters. The second-order valence-corrected chi connectivity index (χ2v) is 3.67. The zero-order valence-corrected chi connectivity index (χ0v) is 9.34. The van der Waals surface area contributed by atoms with Crippen LogP contribution in [-0.4, -0.2) is 11.2 Å². The Hall–Kier alpha value is -2.50. The summed E-state index contributed by atoms with van der Waals surface area (Å²) in [7, 11) is 0. The smallest absolute Gasteiger partial charge is 0.275 e. The van der Waals surface area contributed by atoms with E-state index >= 15 is 0 Å². The average Bonchev–Trinajstić information content (AvgIpc) is 2.79. The first-order chi connectivity index (χ1) is 8.52. The summed E-state index contributed by atoms with van der Waals surface area (Å²) in [4.78, 5) is 20.6. The first-order valence-electron chi connectivity index (χ1n) is 5.03. The molecule has 1 heterocycles. The molecule has 2 rings (SSSR count). The molecule has 5 nitrogen and oxygen atoms in total. The van der Waals surface area contributed by atoms with Crippen LogP contribution < -0.4 is 0 Å². The van der Waals surface area contributed by atoms with Gasteiger partial charge in [-0.2, -0.15) is 0 Å². The fourth-order valence-electron chi connectivity index (χ4n) is 1.67. The number of halogens is 1. The summed E-state index contributed by atoms with van der Waals surface area (Å²) in [6, 6.07) is 4.87. The summed E-state index contributed by atoms with van der Waals surface area (Å²) in [5, 5.41) is 10.8. The van der Waals surface area contributed by atoms with Gasteiger partial charge in [-0.25, -0.2) is 4.39 Å². The first-order valence-corrected chi connectivity index (χ1v) is 5.03. The number of hydrogen-bond acceptors (Lipinski definition) is 4. The van der Waals surface area contributed by atoms with Gasteiger partial charge in [0.05, 0.1) is 11.0 Å². The Kier molecular flexibility index (Phi) is 2.93. The van der Waals surface area contributed by atoms with Gasteiger partial charge >= 0.3 is 0 Å². The second kappa shape index (κ2) is 4.40. The molecule has 1 aromatic heterocycles. The summed E-state index contributed by atoms with van der Waals surface area (Å²) < 4.78 is 18.5. The minimum atomic E-state index is -0.730. The number of carbonyl (C=O) groups excluding carboxylic acids is 1. The molecule has 0 radical (unpaired) electrons. The average molecular weight is 249 g/mol. The number of rotatable bonds is 3. The Morgan fingerprint density at radius 1 is 1.39 bits per heavy atom. The van der Waals surface area contributed by atoms with Gasteiger partial charge in [-0.05, 0) is 25.1 Å². The summed E-state index contributed by atoms with van der Waals surface area (Å²) in [5.41, 5.74) is 0.219. The van der Waals surface area contributed by atoms with E-state index in [0.717, 1.165) is 12.1 Å². The Morgan fingerprint density at radius 3 is 2.67 bits per heavy atom. The molecule has 0 bridgehead atoms. The molecule has 0 saturated carbocycles. The van der Waals surface area contributed by atoms with Gasteiger partial charge < -0.3 is 4.42 Å². The molecule has 0 aliphatic carbocycles. The third-order valence-corrected chi connectivity index (χ3v) is 2.55. The van der Waals surface area contributed by atoms with Gasteiger partial charge in [0.2, 0.25) is 0 Å². The summed E-state index contributed by atoms with van der Waals surface area (Å²) in [6.07, 6.45) is 0.506. The van der Waals surface area contributed by atoms with Gasteiger partial charge in [0.25, 0.3) is 5.69 Å². The van der Waals surface area contributed by atoms with Crippen molar-refractivity contribution in [3.05, 3.63) is 51.5 Å². The quantitative estimate of drug-likeness (QED) is 0.476. The van der Waals surface area contributed by atoms with Crippen LogP contribution in [0.4, 0.5) is 10.1 Å². The molecule has 2 aromatic rings. The lowest BCUT2D eigenvalue weighted by molar-refractivity contribution is -0.385. The number of furan rings is 1. The van der Waals surface area contributed by atoms with Crippen molar-refractivity contribution < 1.29 is 18.5 Å². The maximum Gasteiger partial charge on any atom is 0.275 e. The third kappa shape index (κ3) is 2.00. The van der Waals surface area contributed by atoms with Gasteiger partial charge in [0, 0.05) is 11.1 Å². The summed E-state index contributed by atoms with van der Waals surface area (Å²) >= 11 is 0. The van der Waals surface area contributed by atoms with Crippen molar-refractivity contribution in [2.45, 2.75) is 6.92 Å². The van der Waals surface area contributed by atoms with Crippen LogP contribution in [0.15, 0.2) is 28.7 Å². The topological polar surface area (TPSA) is 73.3 Å². The van der Waals surface area contributed by atoms with Crippen molar-refractivity contribution in [1.29, 1.82) is 0 Å². The number of hydrogen-bond donors (Lipinski definition) is 0. The van der Waals surface area contributed by atoms with Crippen molar-refractivity contribution in [2.24, 2.45) is 0 Å². The van der Waals surface area contributed by atoms with E-state index in [1.807, 2.05) is 0 Å². The van der Waals surface area contributed by atoms with Crippen molar-refractivity contribution in [3.8, 4) is 11.3 Å². The molecule has 6 heteroatoms. The highest BCUT2D eigenvalue weighted by Crippen LogP contribution is 2.32. The Bertz CT molecular complexity index is 633. The van der Waals surface area contributed by atoms with Crippen LogP contribution in [0.1, 0.15) is 16.1 Å². The predicted octanol–water partition coefficient (Wildman–Crippen LogP) is 3.11. The summed E-state index contributed by atoms with van der Waals surface area (Å²) in [6.45, 7) is 1.50. The lowest BCUT2D eigenvalue weighted by Gasteiger charge is -2.04. The number of carbonyl (C=O) groups is 1. The fourth-order valence-corrected chi connectivity index (χ4v) is 1.67. The maximum absolute atomic E-state index is 13.3. The highest BCUT2D eigenvalue weighted by Gasteiger charge is 2.19. The molecule has 0 spiro atoms. The lowest BCUT2D eigenvalue weighted by atomic mass is 10.0. The number of nitro groups is 1.